The summed E-state index contributed by atoms with van der Waals surface area (Å²) in [6.07, 6.45) is -16.0. The summed E-state index contributed by atoms with van der Waals surface area (Å²) in [7, 11) is 1.06. The zero-order valence-electron chi connectivity index (χ0n) is 18.8. The quantitative estimate of drug-likeness (QED) is 0.384. The van der Waals surface area contributed by atoms with Crippen LogP contribution in [0.25, 0.3) is 0 Å². The standard InChI is InChI=1S/C21H21ClF9N3O/c1-9(2)7-10(3)12-8-11(15(19(23,24)25)20(26,27)28)5-6-13(12)32-18(35)14-16(21(29,30)31)33-34(4)17(14)22/h5-6,8-10,15H,7H2,1-4H3,(H,32,35). The lowest BCUT2D eigenvalue weighted by Gasteiger charge is -2.26. The lowest BCUT2D eigenvalue weighted by atomic mass is 9.87. The summed E-state index contributed by atoms with van der Waals surface area (Å²) in [5.74, 6) is -5.85. The van der Waals surface area contributed by atoms with E-state index in [4.69, 9.17) is 11.6 Å². The molecule has 1 aromatic carbocycles. The first-order valence-electron chi connectivity index (χ1n) is 10.1. The number of alkyl halides is 9. The van der Waals surface area contributed by atoms with Gasteiger partial charge in [0.05, 0.1) is 0 Å². The van der Waals surface area contributed by atoms with E-state index in [1.165, 1.54) is 6.92 Å². The van der Waals surface area contributed by atoms with E-state index in [9.17, 15) is 44.3 Å². The van der Waals surface area contributed by atoms with E-state index in [0.29, 0.717) is 23.2 Å². The molecule has 0 radical (unpaired) electrons. The minimum absolute atomic E-state index is 0.0390. The highest BCUT2D eigenvalue weighted by atomic mass is 35.5. The van der Waals surface area contributed by atoms with Crippen LogP contribution in [-0.2, 0) is 13.2 Å². The summed E-state index contributed by atoms with van der Waals surface area (Å²) in [5, 5.41) is 4.68. The van der Waals surface area contributed by atoms with Crippen molar-refractivity contribution in [1.82, 2.24) is 9.78 Å². The van der Waals surface area contributed by atoms with Gasteiger partial charge in [-0.15, -0.1) is 0 Å². The minimum atomic E-state index is -5.65. The molecule has 0 aliphatic heterocycles. The van der Waals surface area contributed by atoms with Gasteiger partial charge in [-0.05, 0) is 35.4 Å². The number of rotatable bonds is 6. The van der Waals surface area contributed by atoms with Gasteiger partial charge in [0.2, 0.25) is 0 Å². The molecule has 2 aromatic rings. The number of carbonyl (C=O) groups is 1. The molecule has 0 bridgehead atoms. The molecule has 1 atom stereocenters. The predicted molar refractivity (Wildman–Crippen MR) is 110 cm³/mol. The second kappa shape index (κ2) is 9.90. The summed E-state index contributed by atoms with van der Waals surface area (Å²) in [4.78, 5) is 12.7. The molecule has 0 aliphatic carbocycles. The number of amides is 1. The van der Waals surface area contributed by atoms with Gasteiger partial charge in [-0.25, -0.2) is 0 Å². The molecule has 35 heavy (non-hydrogen) atoms. The topological polar surface area (TPSA) is 46.9 Å². The number of aryl methyl sites for hydroxylation is 1. The Morgan fingerprint density at radius 2 is 1.57 bits per heavy atom. The maximum atomic E-state index is 13.3. The zero-order chi connectivity index (χ0) is 27.1. The second-order valence-electron chi connectivity index (χ2n) is 8.48. The van der Waals surface area contributed by atoms with Crippen LogP contribution in [0.2, 0.25) is 5.15 Å². The lowest BCUT2D eigenvalue weighted by molar-refractivity contribution is -0.253. The van der Waals surface area contributed by atoms with E-state index in [-0.39, 0.29) is 17.2 Å². The monoisotopic (exact) mass is 537 g/mol. The van der Waals surface area contributed by atoms with Crippen molar-refractivity contribution in [2.24, 2.45) is 13.0 Å². The van der Waals surface area contributed by atoms with Crippen molar-refractivity contribution in [3.05, 3.63) is 45.7 Å². The molecule has 1 N–H and O–H groups in total. The van der Waals surface area contributed by atoms with Gasteiger partial charge in [0.25, 0.3) is 5.91 Å². The molecule has 196 valence electrons. The van der Waals surface area contributed by atoms with E-state index in [0.717, 1.165) is 13.1 Å². The van der Waals surface area contributed by atoms with Crippen molar-refractivity contribution in [3.63, 3.8) is 0 Å². The van der Waals surface area contributed by atoms with Crippen molar-refractivity contribution in [2.45, 2.75) is 57.6 Å². The molecule has 0 fully saturated rings. The summed E-state index contributed by atoms with van der Waals surface area (Å²) in [6, 6.07) is 2.01. The molecule has 0 saturated heterocycles. The Kier molecular flexibility index (Phi) is 8.15. The van der Waals surface area contributed by atoms with Crippen LogP contribution in [-0.4, -0.2) is 28.0 Å². The largest absolute Gasteiger partial charge is 0.436 e. The van der Waals surface area contributed by atoms with E-state index < -0.39 is 58.2 Å². The highest BCUT2D eigenvalue weighted by molar-refractivity contribution is 6.33. The molecule has 14 heteroatoms. The van der Waals surface area contributed by atoms with Gasteiger partial charge in [-0.2, -0.15) is 44.6 Å². The third-order valence-corrected chi connectivity index (χ3v) is 5.57. The number of aromatic nitrogens is 2. The molecule has 0 aliphatic rings. The fourth-order valence-electron chi connectivity index (χ4n) is 3.77. The predicted octanol–water partition coefficient (Wildman–Crippen LogP) is 7.70. The van der Waals surface area contributed by atoms with Crippen molar-refractivity contribution in [2.75, 3.05) is 5.32 Å². The van der Waals surface area contributed by atoms with Gasteiger partial charge in [0.1, 0.15) is 10.7 Å². The SMILES string of the molecule is CC(C)CC(C)c1cc(C(C(F)(F)F)C(F)(F)F)ccc1NC(=O)c1c(C(F)(F)F)nn(C)c1Cl. The van der Waals surface area contributed by atoms with Crippen LogP contribution >= 0.6 is 11.6 Å². The number of anilines is 1. The van der Waals surface area contributed by atoms with Crippen LogP contribution < -0.4 is 5.32 Å². The van der Waals surface area contributed by atoms with Gasteiger partial charge in [-0.3, -0.25) is 9.48 Å². The number of hydrogen-bond donors (Lipinski definition) is 1. The van der Waals surface area contributed by atoms with Crippen LogP contribution in [0, 0.1) is 5.92 Å². The first-order valence-corrected chi connectivity index (χ1v) is 10.5. The molecular weight excluding hydrogens is 517 g/mol. The van der Waals surface area contributed by atoms with E-state index in [1.54, 1.807) is 13.8 Å². The first kappa shape index (κ1) is 28.8. The third-order valence-electron chi connectivity index (χ3n) is 5.14. The number of nitrogens with zero attached hydrogens (tertiary/aromatic N) is 2. The lowest BCUT2D eigenvalue weighted by Crippen LogP contribution is -2.34. The van der Waals surface area contributed by atoms with Crippen LogP contribution in [0.3, 0.4) is 0 Å². The van der Waals surface area contributed by atoms with Crippen LogP contribution in [0.1, 0.15) is 66.2 Å². The van der Waals surface area contributed by atoms with Crippen LogP contribution in [0.4, 0.5) is 45.2 Å². The minimum Gasteiger partial charge on any atom is -0.322 e. The van der Waals surface area contributed by atoms with Crippen molar-refractivity contribution >= 4 is 23.2 Å². The van der Waals surface area contributed by atoms with Crippen molar-refractivity contribution in [1.29, 1.82) is 0 Å². The Bertz CT molecular complexity index is 1060. The average Bonchev–Trinajstić information content (AvgIpc) is 2.95. The normalized spacial score (nSPS) is 14.1. The molecule has 0 spiro atoms. The van der Waals surface area contributed by atoms with Crippen molar-refractivity contribution in [3.8, 4) is 0 Å². The number of carbonyl (C=O) groups excluding carboxylic acids is 1. The average molecular weight is 538 g/mol. The molecular formula is C21H21ClF9N3O. The smallest absolute Gasteiger partial charge is 0.322 e. The Morgan fingerprint density at radius 1 is 1.03 bits per heavy atom. The summed E-state index contributed by atoms with van der Waals surface area (Å²) >= 11 is 5.81. The fourth-order valence-corrected chi connectivity index (χ4v) is 3.98. The second-order valence-corrected chi connectivity index (χ2v) is 8.84. The van der Waals surface area contributed by atoms with E-state index in [2.05, 4.69) is 10.4 Å². The fraction of sp³-hybridized carbons (Fsp3) is 0.524. The number of halogens is 10. The summed E-state index contributed by atoms with van der Waals surface area (Å²) in [6.45, 7) is 5.04. The number of benzene rings is 1. The van der Waals surface area contributed by atoms with Gasteiger partial charge in [-0.1, -0.05) is 44.5 Å². The Morgan fingerprint density at radius 3 is 2.03 bits per heavy atom. The maximum absolute atomic E-state index is 13.3. The molecule has 1 unspecified atom stereocenters. The van der Waals surface area contributed by atoms with Gasteiger partial charge < -0.3 is 5.32 Å². The Balaban J connectivity index is 2.62. The summed E-state index contributed by atoms with van der Waals surface area (Å²) < 4.78 is 120. The van der Waals surface area contributed by atoms with Gasteiger partial charge in [0.15, 0.2) is 11.6 Å². The first-order chi connectivity index (χ1) is 15.7. The van der Waals surface area contributed by atoms with E-state index in [1.807, 2.05) is 0 Å². The molecule has 1 heterocycles. The van der Waals surface area contributed by atoms with Gasteiger partial charge >= 0.3 is 18.5 Å². The summed E-state index contributed by atoms with van der Waals surface area (Å²) in [5.41, 5.74) is -4.08. The highest BCUT2D eigenvalue weighted by Gasteiger charge is 2.57. The molecule has 2 rings (SSSR count). The van der Waals surface area contributed by atoms with Crippen LogP contribution in [0.5, 0.6) is 0 Å². The molecule has 0 saturated carbocycles. The molecule has 4 nitrogen and oxygen atoms in total. The molecule has 1 aromatic heterocycles. The Hall–Kier alpha value is -2.44. The van der Waals surface area contributed by atoms with Crippen LogP contribution in [0.15, 0.2) is 18.2 Å². The molecule has 1 amide bonds. The van der Waals surface area contributed by atoms with Crippen molar-refractivity contribution < 1.29 is 44.3 Å². The maximum Gasteiger partial charge on any atom is 0.436 e. The zero-order valence-corrected chi connectivity index (χ0v) is 19.5. The Labute approximate surface area is 199 Å². The van der Waals surface area contributed by atoms with Gasteiger partial charge in [0, 0.05) is 12.7 Å². The van der Waals surface area contributed by atoms with E-state index >= 15 is 0 Å². The number of nitrogens with one attached hydrogen (secondary N) is 1. The third kappa shape index (κ3) is 6.62. The highest BCUT2D eigenvalue weighted by Crippen LogP contribution is 2.47. The number of hydrogen-bond acceptors (Lipinski definition) is 2.